The molecule has 0 bridgehead atoms. The number of hydrogen-bond donors (Lipinski definition) is 1. The van der Waals surface area contributed by atoms with Crippen LogP contribution in [-0.4, -0.2) is 26.7 Å². The summed E-state index contributed by atoms with van der Waals surface area (Å²) in [6.07, 6.45) is 1.49. The van der Waals surface area contributed by atoms with Gasteiger partial charge in [-0.3, -0.25) is 24.6 Å². The highest BCUT2D eigenvalue weighted by molar-refractivity contribution is 7.14. The molecule has 0 spiro atoms. The fourth-order valence-electron chi connectivity index (χ4n) is 3.03. The number of Topliss-reactive ketones (excluding diaryl/α,β-unsaturated/α-hetero) is 1. The maximum absolute atomic E-state index is 13.0. The average Bonchev–Trinajstić information content (AvgIpc) is 3.43. The second-order valence-electron chi connectivity index (χ2n) is 5.81. The molecule has 28 heavy (non-hydrogen) atoms. The summed E-state index contributed by atoms with van der Waals surface area (Å²) in [5, 5.41) is 25.4. The summed E-state index contributed by atoms with van der Waals surface area (Å²) in [5.41, 5.74) is 0.0307. The van der Waals surface area contributed by atoms with Crippen LogP contribution in [0.4, 0.5) is 10.8 Å². The number of amides is 1. The number of nitro groups is 1. The van der Waals surface area contributed by atoms with Crippen LogP contribution in [0.5, 0.6) is 0 Å². The lowest BCUT2D eigenvalue weighted by Gasteiger charge is -2.24. The first-order valence-corrected chi connectivity index (χ1v) is 9.73. The molecule has 3 heterocycles. The van der Waals surface area contributed by atoms with Crippen molar-refractivity contribution in [2.75, 3.05) is 4.90 Å². The lowest BCUT2D eigenvalue weighted by atomic mass is 9.95. The number of ketones is 1. The summed E-state index contributed by atoms with van der Waals surface area (Å²) in [4.78, 5) is 42.1. The Morgan fingerprint density at radius 2 is 2.04 bits per heavy atom. The van der Waals surface area contributed by atoms with Gasteiger partial charge in [0.05, 0.1) is 21.4 Å². The Morgan fingerprint density at radius 1 is 1.21 bits per heavy atom. The number of carbonyl (C=O) groups is 2. The SMILES string of the molecule is O=C(C1=C(O)C(=O)N(c2nccs2)[C@H]1c1cccc([N+](=O)[O-])c1)c1cccs1. The van der Waals surface area contributed by atoms with E-state index in [1.807, 2.05) is 0 Å². The van der Waals surface area contributed by atoms with Crippen molar-refractivity contribution in [3.63, 3.8) is 0 Å². The molecule has 1 amide bonds. The van der Waals surface area contributed by atoms with Gasteiger partial charge in [-0.25, -0.2) is 4.98 Å². The third kappa shape index (κ3) is 2.88. The van der Waals surface area contributed by atoms with Crippen LogP contribution in [0, 0.1) is 10.1 Å². The molecule has 0 fully saturated rings. The van der Waals surface area contributed by atoms with E-state index < -0.39 is 28.4 Å². The molecular weight excluding hydrogens is 402 g/mol. The number of hydrogen-bond acceptors (Lipinski definition) is 8. The standard InChI is InChI=1S/C18H11N3O5S2/c22-15(12-5-2-7-27-12)13-14(10-3-1-4-11(9-10)21(25)26)20(17(24)16(13)23)18-19-6-8-28-18/h1-9,14,23H/t14-/m0/s1. The van der Waals surface area contributed by atoms with E-state index in [0.717, 1.165) is 11.3 Å². The molecule has 1 aliphatic rings. The zero-order chi connectivity index (χ0) is 19.8. The van der Waals surface area contributed by atoms with Crippen molar-refractivity contribution in [1.29, 1.82) is 0 Å². The van der Waals surface area contributed by atoms with Gasteiger partial charge in [0.15, 0.2) is 10.9 Å². The van der Waals surface area contributed by atoms with Crippen molar-refractivity contribution < 1.29 is 19.6 Å². The normalized spacial score (nSPS) is 16.6. The van der Waals surface area contributed by atoms with E-state index in [1.54, 1.807) is 29.0 Å². The summed E-state index contributed by atoms with van der Waals surface area (Å²) in [6, 6.07) is 7.92. The number of nitro benzene ring substituents is 1. The van der Waals surface area contributed by atoms with E-state index >= 15 is 0 Å². The quantitative estimate of drug-likeness (QED) is 0.386. The Labute approximate surface area is 166 Å². The zero-order valence-corrected chi connectivity index (χ0v) is 15.6. The van der Waals surface area contributed by atoms with E-state index in [-0.39, 0.29) is 16.4 Å². The lowest BCUT2D eigenvalue weighted by molar-refractivity contribution is -0.384. The molecule has 1 aliphatic heterocycles. The molecule has 1 N–H and O–H groups in total. The smallest absolute Gasteiger partial charge is 0.296 e. The first-order chi connectivity index (χ1) is 13.5. The Balaban J connectivity index is 1.90. The summed E-state index contributed by atoms with van der Waals surface area (Å²) in [5.74, 6) is -1.95. The van der Waals surface area contributed by atoms with Crippen LogP contribution in [0.25, 0.3) is 0 Å². The number of aliphatic hydroxyl groups excluding tert-OH is 1. The molecule has 0 aliphatic carbocycles. The number of benzene rings is 1. The number of anilines is 1. The van der Waals surface area contributed by atoms with Gasteiger partial charge in [0.2, 0.25) is 5.78 Å². The van der Waals surface area contributed by atoms with Crippen molar-refractivity contribution in [2.45, 2.75) is 6.04 Å². The van der Waals surface area contributed by atoms with Crippen LogP contribution in [-0.2, 0) is 4.79 Å². The Bertz CT molecular complexity index is 1110. The minimum Gasteiger partial charge on any atom is -0.503 e. The molecule has 3 aromatic rings. The van der Waals surface area contributed by atoms with Crippen molar-refractivity contribution in [1.82, 2.24) is 4.98 Å². The van der Waals surface area contributed by atoms with Gasteiger partial charge in [0.25, 0.3) is 11.6 Å². The molecule has 4 rings (SSSR count). The second kappa shape index (κ2) is 6.98. The van der Waals surface area contributed by atoms with Gasteiger partial charge < -0.3 is 5.11 Å². The fourth-order valence-corrected chi connectivity index (χ4v) is 4.38. The Morgan fingerprint density at radius 3 is 2.68 bits per heavy atom. The molecule has 140 valence electrons. The summed E-state index contributed by atoms with van der Waals surface area (Å²) < 4.78 is 0. The van der Waals surface area contributed by atoms with Gasteiger partial charge in [-0.15, -0.1) is 22.7 Å². The first kappa shape index (κ1) is 18.0. The molecule has 0 saturated heterocycles. The molecular formula is C18H11N3O5S2. The Kier molecular flexibility index (Phi) is 4.49. The van der Waals surface area contributed by atoms with Crippen molar-refractivity contribution in [2.24, 2.45) is 0 Å². The van der Waals surface area contributed by atoms with Crippen molar-refractivity contribution in [3.05, 3.63) is 85.2 Å². The van der Waals surface area contributed by atoms with Crippen molar-refractivity contribution in [3.8, 4) is 0 Å². The first-order valence-electron chi connectivity index (χ1n) is 7.97. The summed E-state index contributed by atoms with van der Waals surface area (Å²) in [6.45, 7) is 0. The fraction of sp³-hybridized carbons (Fsp3) is 0.0556. The van der Waals surface area contributed by atoms with E-state index in [2.05, 4.69) is 4.98 Å². The average molecular weight is 413 g/mol. The number of nitrogens with zero attached hydrogens (tertiary/aromatic N) is 3. The molecule has 0 unspecified atom stereocenters. The van der Waals surface area contributed by atoms with Gasteiger partial charge in [-0.05, 0) is 17.0 Å². The van der Waals surface area contributed by atoms with Gasteiger partial charge in [0.1, 0.15) is 0 Å². The van der Waals surface area contributed by atoms with Crippen LogP contribution < -0.4 is 4.90 Å². The number of rotatable bonds is 5. The van der Waals surface area contributed by atoms with Crippen LogP contribution in [0.2, 0.25) is 0 Å². The summed E-state index contributed by atoms with van der Waals surface area (Å²) >= 11 is 2.34. The third-order valence-electron chi connectivity index (χ3n) is 4.22. The van der Waals surface area contributed by atoms with Crippen LogP contribution >= 0.6 is 22.7 Å². The number of thiophene rings is 1. The molecule has 10 heteroatoms. The van der Waals surface area contributed by atoms with E-state index in [0.29, 0.717) is 10.4 Å². The van der Waals surface area contributed by atoms with Gasteiger partial charge in [-0.1, -0.05) is 18.2 Å². The molecule has 2 aromatic heterocycles. The van der Waals surface area contributed by atoms with E-state index in [1.165, 1.54) is 40.6 Å². The van der Waals surface area contributed by atoms with Crippen LogP contribution in [0.15, 0.2) is 64.7 Å². The predicted molar refractivity (Wildman–Crippen MR) is 104 cm³/mol. The molecule has 1 atom stereocenters. The highest BCUT2D eigenvalue weighted by atomic mass is 32.1. The summed E-state index contributed by atoms with van der Waals surface area (Å²) in [7, 11) is 0. The highest BCUT2D eigenvalue weighted by Crippen LogP contribution is 2.43. The zero-order valence-electron chi connectivity index (χ0n) is 14.0. The van der Waals surface area contributed by atoms with Gasteiger partial charge in [-0.2, -0.15) is 0 Å². The highest BCUT2D eigenvalue weighted by Gasteiger charge is 2.46. The maximum atomic E-state index is 13.0. The predicted octanol–water partition coefficient (Wildman–Crippen LogP) is 3.90. The minimum atomic E-state index is -1.02. The van der Waals surface area contributed by atoms with Crippen LogP contribution in [0.3, 0.4) is 0 Å². The molecule has 1 aromatic carbocycles. The largest absolute Gasteiger partial charge is 0.503 e. The lowest BCUT2D eigenvalue weighted by Crippen LogP contribution is -2.30. The Hall–Kier alpha value is -3.37. The monoisotopic (exact) mass is 413 g/mol. The topological polar surface area (TPSA) is 114 Å². The molecule has 8 nitrogen and oxygen atoms in total. The van der Waals surface area contributed by atoms with E-state index in [9.17, 15) is 24.8 Å². The third-order valence-corrected chi connectivity index (χ3v) is 5.86. The molecule has 0 radical (unpaired) electrons. The molecule has 0 saturated carbocycles. The van der Waals surface area contributed by atoms with E-state index in [4.69, 9.17) is 0 Å². The van der Waals surface area contributed by atoms with Gasteiger partial charge in [0, 0.05) is 23.7 Å². The number of thiazole rings is 1. The number of aromatic nitrogens is 1. The van der Waals surface area contributed by atoms with Crippen LogP contribution in [0.1, 0.15) is 21.3 Å². The minimum absolute atomic E-state index is 0.122. The van der Waals surface area contributed by atoms with Crippen molar-refractivity contribution >= 4 is 45.2 Å². The number of aliphatic hydroxyl groups is 1. The van der Waals surface area contributed by atoms with Gasteiger partial charge >= 0.3 is 0 Å². The second-order valence-corrected chi connectivity index (χ2v) is 7.63. The number of non-ortho nitro benzene ring substituents is 1. The maximum Gasteiger partial charge on any atom is 0.296 e. The number of carbonyl (C=O) groups excluding carboxylic acids is 2.